The molecule has 1 amide bonds. The van der Waals surface area contributed by atoms with Crippen LogP contribution >= 0.6 is 0 Å². The number of carbonyl (C=O) groups is 1. The number of aromatic nitrogens is 1. The number of aromatic amines is 1. The summed E-state index contributed by atoms with van der Waals surface area (Å²) in [5.74, 6) is -2.22. The van der Waals surface area contributed by atoms with Crippen molar-refractivity contribution in [2.45, 2.75) is 74.5 Å². The highest BCUT2D eigenvalue weighted by Crippen LogP contribution is 2.31. The third kappa shape index (κ3) is 7.61. The molecule has 40 heavy (non-hydrogen) atoms. The number of halogens is 4. The predicted molar refractivity (Wildman–Crippen MR) is 139 cm³/mol. The van der Waals surface area contributed by atoms with Crippen LogP contribution in [0.4, 0.5) is 17.6 Å². The molecule has 0 radical (unpaired) electrons. The average Bonchev–Trinajstić information content (AvgIpc) is 3.68. The van der Waals surface area contributed by atoms with E-state index in [0.29, 0.717) is 12.8 Å². The van der Waals surface area contributed by atoms with Gasteiger partial charge >= 0.3 is 6.18 Å². The van der Waals surface area contributed by atoms with E-state index in [1.54, 1.807) is 0 Å². The van der Waals surface area contributed by atoms with Crippen LogP contribution in [0.3, 0.4) is 0 Å². The molecule has 9 nitrogen and oxygen atoms in total. The number of rotatable bonds is 12. The summed E-state index contributed by atoms with van der Waals surface area (Å²) in [6.45, 7) is -0.264. The predicted octanol–water partition coefficient (Wildman–Crippen LogP) is 3.86. The van der Waals surface area contributed by atoms with E-state index in [0.717, 1.165) is 25.3 Å². The van der Waals surface area contributed by atoms with E-state index in [2.05, 4.69) is 10.3 Å². The van der Waals surface area contributed by atoms with Gasteiger partial charge in [0.15, 0.2) is 0 Å². The van der Waals surface area contributed by atoms with Crippen LogP contribution in [-0.2, 0) is 14.8 Å². The smallest absolute Gasteiger partial charge is 0.389 e. The average molecular weight is 587 g/mol. The highest BCUT2D eigenvalue weighted by molar-refractivity contribution is 7.91. The molecule has 14 heteroatoms. The molecule has 0 aliphatic heterocycles. The van der Waals surface area contributed by atoms with E-state index >= 15 is 4.39 Å². The second-order valence-electron chi connectivity index (χ2n) is 10.0. The maximum atomic E-state index is 15.1. The van der Waals surface area contributed by atoms with Crippen molar-refractivity contribution in [2.24, 2.45) is 0 Å². The van der Waals surface area contributed by atoms with E-state index in [4.69, 9.17) is 10.1 Å². The number of nitrogens with one attached hydrogen (secondary N) is 4. The molecule has 1 heterocycles. The third-order valence-corrected chi connectivity index (χ3v) is 8.64. The molecule has 0 bridgehead atoms. The molecule has 0 saturated heterocycles. The lowest BCUT2D eigenvalue weighted by atomic mass is 9.91. The maximum absolute atomic E-state index is 15.1. The SMILES string of the molecule is N=C(/C=C\NC1CCC1)c1cc(C2C=CC(OCCCC(F)(F)F)=CC2F)[nH]c(=O)c1C(=O)NS(=O)(=O)C1CC1. The monoisotopic (exact) mass is 586 g/mol. The molecule has 3 aliphatic carbocycles. The molecule has 218 valence electrons. The summed E-state index contributed by atoms with van der Waals surface area (Å²) in [6, 6.07) is 1.50. The van der Waals surface area contributed by atoms with E-state index < -0.39 is 57.0 Å². The van der Waals surface area contributed by atoms with Crippen LogP contribution in [0.5, 0.6) is 0 Å². The second kappa shape index (κ2) is 12.0. The molecule has 0 spiro atoms. The fraction of sp³-hybridized carbons (Fsp3) is 0.500. The first kappa shape index (κ1) is 29.6. The summed E-state index contributed by atoms with van der Waals surface area (Å²) in [6.07, 6.45) is 3.03. The van der Waals surface area contributed by atoms with Gasteiger partial charge in [0.25, 0.3) is 11.5 Å². The molecule has 4 rings (SSSR count). The van der Waals surface area contributed by atoms with Gasteiger partial charge in [-0.1, -0.05) is 6.08 Å². The molecule has 2 fully saturated rings. The van der Waals surface area contributed by atoms with Gasteiger partial charge in [0.1, 0.15) is 17.5 Å². The van der Waals surface area contributed by atoms with Gasteiger partial charge in [0, 0.05) is 23.7 Å². The van der Waals surface area contributed by atoms with Crippen molar-refractivity contribution in [2.75, 3.05) is 6.61 Å². The minimum Gasteiger partial charge on any atom is -0.494 e. The number of ether oxygens (including phenoxy) is 1. The number of sulfonamides is 1. The van der Waals surface area contributed by atoms with E-state index in [9.17, 15) is 31.2 Å². The number of hydrogen-bond donors (Lipinski definition) is 4. The largest absolute Gasteiger partial charge is 0.494 e. The molecule has 1 aromatic heterocycles. The minimum absolute atomic E-state index is 0.0165. The molecular weight excluding hydrogens is 556 g/mol. The lowest BCUT2D eigenvalue weighted by Crippen LogP contribution is -2.38. The van der Waals surface area contributed by atoms with Crippen LogP contribution < -0.4 is 15.6 Å². The number of amides is 1. The lowest BCUT2D eigenvalue weighted by molar-refractivity contribution is -0.137. The maximum Gasteiger partial charge on any atom is 0.389 e. The first-order chi connectivity index (χ1) is 18.8. The van der Waals surface area contributed by atoms with Crippen LogP contribution in [0, 0.1) is 5.41 Å². The third-order valence-electron chi connectivity index (χ3n) is 6.82. The highest BCUT2D eigenvalue weighted by atomic mass is 32.2. The Kier molecular flexibility index (Phi) is 8.86. The second-order valence-corrected chi connectivity index (χ2v) is 12.0. The summed E-state index contributed by atoms with van der Waals surface area (Å²) >= 11 is 0. The van der Waals surface area contributed by atoms with Gasteiger partial charge < -0.3 is 20.4 Å². The number of allylic oxidation sites excluding steroid dienone is 4. The summed E-state index contributed by atoms with van der Waals surface area (Å²) in [7, 11) is -3.99. The van der Waals surface area contributed by atoms with Crippen LogP contribution in [0.15, 0.2) is 47.1 Å². The van der Waals surface area contributed by atoms with Crippen molar-refractivity contribution in [1.82, 2.24) is 15.0 Å². The number of carbonyl (C=O) groups excluding carboxylic acids is 1. The van der Waals surface area contributed by atoms with Gasteiger partial charge in [-0.3, -0.25) is 9.59 Å². The van der Waals surface area contributed by atoms with Gasteiger partial charge in [-0.05, 0) is 69.0 Å². The normalized spacial score (nSPS) is 21.6. The Morgan fingerprint density at radius 2 is 1.95 bits per heavy atom. The fourth-order valence-electron chi connectivity index (χ4n) is 4.23. The molecule has 1 aromatic rings. The quantitative estimate of drug-likeness (QED) is 0.167. The standard InChI is InChI=1S/C26H30F4N4O5S/c27-20-13-16(39-12-2-10-26(28,29)30)5-8-18(20)22-14-19(21(31)9-11-32-15-3-1-4-15)23(24(35)33-22)25(36)34-40(37,38)17-6-7-17/h5,8-9,11,13-15,17-18,20,31-32H,1-4,6-7,10,12H2,(H,33,35)(H,34,36)/b11-9-,31-21?. The van der Waals surface area contributed by atoms with Gasteiger partial charge in [-0.2, -0.15) is 13.2 Å². The zero-order valence-electron chi connectivity index (χ0n) is 21.4. The number of hydrogen-bond acceptors (Lipinski definition) is 7. The Bertz CT molecular complexity index is 1390. The van der Waals surface area contributed by atoms with Gasteiger partial charge in [0.05, 0.1) is 23.5 Å². The topological polar surface area (TPSA) is 141 Å². The minimum atomic E-state index is -4.32. The molecule has 3 aliphatic rings. The van der Waals surface area contributed by atoms with Crippen LogP contribution in [0.1, 0.15) is 72.5 Å². The van der Waals surface area contributed by atoms with Crippen molar-refractivity contribution >= 4 is 21.6 Å². The molecule has 2 atom stereocenters. The first-order valence-corrected chi connectivity index (χ1v) is 14.5. The summed E-state index contributed by atoms with van der Waals surface area (Å²) in [5, 5.41) is 10.9. The molecule has 2 unspecified atom stereocenters. The summed E-state index contributed by atoms with van der Waals surface area (Å²) in [5.41, 5.74) is -2.03. The Labute approximate surface area is 228 Å². The fourth-order valence-corrected chi connectivity index (χ4v) is 5.51. The summed E-state index contributed by atoms with van der Waals surface area (Å²) < 4.78 is 83.8. The van der Waals surface area contributed by atoms with Crippen molar-refractivity contribution in [3.05, 3.63) is 69.5 Å². The number of alkyl halides is 4. The zero-order valence-corrected chi connectivity index (χ0v) is 22.2. The Morgan fingerprint density at radius 3 is 2.55 bits per heavy atom. The van der Waals surface area contributed by atoms with E-state index in [1.165, 1.54) is 30.5 Å². The molecule has 2 saturated carbocycles. The zero-order chi connectivity index (χ0) is 29.1. The van der Waals surface area contributed by atoms with Crippen LogP contribution in [-0.4, -0.2) is 55.3 Å². The summed E-state index contributed by atoms with van der Waals surface area (Å²) in [4.78, 5) is 28.4. The van der Waals surface area contributed by atoms with Crippen LogP contribution in [0.2, 0.25) is 0 Å². The van der Waals surface area contributed by atoms with Gasteiger partial charge in [-0.25, -0.2) is 17.5 Å². The van der Waals surface area contributed by atoms with E-state index in [-0.39, 0.29) is 41.8 Å². The Morgan fingerprint density at radius 1 is 1.23 bits per heavy atom. The molecule has 4 N–H and O–H groups in total. The Balaban J connectivity index is 1.56. The van der Waals surface area contributed by atoms with Gasteiger partial charge in [0.2, 0.25) is 10.0 Å². The number of pyridine rings is 1. The van der Waals surface area contributed by atoms with E-state index in [1.807, 2.05) is 4.72 Å². The molecule has 0 aromatic carbocycles. The van der Waals surface area contributed by atoms with Gasteiger partial charge in [-0.15, -0.1) is 0 Å². The van der Waals surface area contributed by atoms with Crippen molar-refractivity contribution < 1.29 is 35.5 Å². The molecular formula is C26H30F4N4O5S. The first-order valence-electron chi connectivity index (χ1n) is 12.9. The highest BCUT2D eigenvalue weighted by Gasteiger charge is 2.38. The van der Waals surface area contributed by atoms with Crippen molar-refractivity contribution in [1.29, 1.82) is 5.41 Å². The van der Waals surface area contributed by atoms with Crippen LogP contribution in [0.25, 0.3) is 0 Å². The number of H-pyrrole nitrogens is 1. The Hall–Kier alpha value is -3.42. The van der Waals surface area contributed by atoms with Crippen molar-refractivity contribution in [3.63, 3.8) is 0 Å². The van der Waals surface area contributed by atoms with Crippen molar-refractivity contribution in [3.8, 4) is 0 Å². The lowest BCUT2D eigenvalue weighted by Gasteiger charge is -2.25.